The van der Waals surface area contributed by atoms with Crippen LogP contribution in [0.1, 0.15) is 18.6 Å². The van der Waals surface area contributed by atoms with Crippen LogP contribution in [-0.2, 0) is 11.8 Å². The van der Waals surface area contributed by atoms with E-state index in [-0.39, 0.29) is 6.10 Å². The summed E-state index contributed by atoms with van der Waals surface area (Å²) in [5, 5.41) is 4.38. The molecule has 1 unspecified atom stereocenters. The molecule has 0 spiro atoms. The second-order valence-electron chi connectivity index (χ2n) is 3.88. The van der Waals surface area contributed by atoms with Crippen molar-refractivity contribution in [1.82, 2.24) is 9.78 Å². The zero-order valence-electron chi connectivity index (χ0n) is 9.84. The maximum absolute atomic E-state index is 5.31. The molecular formula is C13H16N2O. The van der Waals surface area contributed by atoms with E-state index in [1.807, 2.05) is 37.0 Å². The van der Waals surface area contributed by atoms with Crippen LogP contribution in [0, 0.1) is 0 Å². The lowest BCUT2D eigenvalue weighted by molar-refractivity contribution is 0.119. The highest BCUT2D eigenvalue weighted by molar-refractivity contribution is 5.59. The van der Waals surface area contributed by atoms with Crippen LogP contribution in [0.4, 0.5) is 0 Å². The second kappa shape index (κ2) is 4.49. The minimum absolute atomic E-state index is 0.115. The van der Waals surface area contributed by atoms with Gasteiger partial charge in [-0.05, 0) is 24.6 Å². The van der Waals surface area contributed by atoms with Gasteiger partial charge in [-0.15, -0.1) is 0 Å². The predicted octanol–water partition coefficient (Wildman–Crippen LogP) is 2.79. The van der Waals surface area contributed by atoms with E-state index >= 15 is 0 Å². The fraction of sp³-hybridized carbons (Fsp3) is 0.308. The first-order valence-corrected chi connectivity index (χ1v) is 5.33. The molecule has 1 aromatic carbocycles. The Kier molecular flexibility index (Phi) is 3.06. The number of aromatic nitrogens is 2. The Balaban J connectivity index is 2.36. The molecule has 0 saturated carbocycles. The van der Waals surface area contributed by atoms with Crippen molar-refractivity contribution in [2.24, 2.45) is 7.05 Å². The van der Waals surface area contributed by atoms with Crippen molar-refractivity contribution >= 4 is 0 Å². The van der Waals surface area contributed by atoms with Gasteiger partial charge in [0.25, 0.3) is 0 Å². The molecule has 3 heteroatoms. The number of rotatable bonds is 3. The molecule has 1 aromatic heterocycles. The number of methoxy groups -OCH3 is 1. The number of ether oxygens (including phenoxy) is 1. The Labute approximate surface area is 95.7 Å². The monoisotopic (exact) mass is 216 g/mol. The van der Waals surface area contributed by atoms with Gasteiger partial charge in [-0.1, -0.05) is 18.2 Å². The minimum Gasteiger partial charge on any atom is -0.377 e. The molecule has 0 fully saturated rings. The molecule has 0 aliphatic rings. The van der Waals surface area contributed by atoms with E-state index < -0.39 is 0 Å². The van der Waals surface area contributed by atoms with Gasteiger partial charge in [-0.25, -0.2) is 0 Å². The van der Waals surface area contributed by atoms with Crippen molar-refractivity contribution < 1.29 is 4.74 Å². The van der Waals surface area contributed by atoms with Crippen LogP contribution >= 0.6 is 0 Å². The maximum Gasteiger partial charge on any atom is 0.0923 e. The van der Waals surface area contributed by atoms with Crippen molar-refractivity contribution in [2.75, 3.05) is 7.11 Å². The van der Waals surface area contributed by atoms with E-state index in [1.165, 1.54) is 5.56 Å². The smallest absolute Gasteiger partial charge is 0.0923 e. The SMILES string of the molecule is COC(C)c1cccc(-c2ccn(C)n2)c1. The Bertz CT molecular complexity index is 476. The topological polar surface area (TPSA) is 27.1 Å². The summed E-state index contributed by atoms with van der Waals surface area (Å²) < 4.78 is 7.11. The van der Waals surface area contributed by atoms with E-state index in [9.17, 15) is 0 Å². The lowest BCUT2D eigenvalue weighted by Gasteiger charge is -2.10. The van der Waals surface area contributed by atoms with Gasteiger partial charge in [0, 0.05) is 25.9 Å². The van der Waals surface area contributed by atoms with Crippen LogP contribution < -0.4 is 0 Å². The highest BCUT2D eigenvalue weighted by Gasteiger charge is 2.06. The molecule has 1 atom stereocenters. The molecule has 84 valence electrons. The molecular weight excluding hydrogens is 200 g/mol. The second-order valence-corrected chi connectivity index (χ2v) is 3.88. The summed E-state index contributed by atoms with van der Waals surface area (Å²) >= 11 is 0. The third-order valence-corrected chi connectivity index (χ3v) is 2.72. The fourth-order valence-corrected chi connectivity index (χ4v) is 1.66. The van der Waals surface area contributed by atoms with Gasteiger partial charge in [0.1, 0.15) is 0 Å². The van der Waals surface area contributed by atoms with Gasteiger partial charge in [0.2, 0.25) is 0 Å². The highest BCUT2D eigenvalue weighted by Crippen LogP contribution is 2.22. The number of benzene rings is 1. The molecule has 1 heterocycles. The van der Waals surface area contributed by atoms with Gasteiger partial charge < -0.3 is 4.74 Å². The summed E-state index contributed by atoms with van der Waals surface area (Å²) in [6.07, 6.45) is 2.06. The largest absolute Gasteiger partial charge is 0.377 e. The van der Waals surface area contributed by atoms with Crippen LogP contribution in [0.25, 0.3) is 11.3 Å². The molecule has 0 aliphatic carbocycles. The molecule has 0 amide bonds. The molecule has 2 aromatic rings. The van der Waals surface area contributed by atoms with E-state index in [0.29, 0.717) is 0 Å². The third kappa shape index (κ3) is 2.14. The predicted molar refractivity (Wildman–Crippen MR) is 64.1 cm³/mol. The summed E-state index contributed by atoms with van der Waals surface area (Å²) in [6.45, 7) is 2.04. The number of aryl methyl sites for hydroxylation is 1. The highest BCUT2D eigenvalue weighted by atomic mass is 16.5. The van der Waals surface area contributed by atoms with E-state index in [2.05, 4.69) is 23.3 Å². The first-order chi connectivity index (χ1) is 7.70. The molecule has 0 bridgehead atoms. The van der Waals surface area contributed by atoms with E-state index in [1.54, 1.807) is 7.11 Å². The zero-order chi connectivity index (χ0) is 11.5. The van der Waals surface area contributed by atoms with Gasteiger partial charge >= 0.3 is 0 Å². The third-order valence-electron chi connectivity index (χ3n) is 2.72. The van der Waals surface area contributed by atoms with Crippen LogP contribution in [0.5, 0.6) is 0 Å². The summed E-state index contributed by atoms with van der Waals surface area (Å²) in [6, 6.07) is 10.3. The summed E-state index contributed by atoms with van der Waals surface area (Å²) in [5.41, 5.74) is 3.29. The number of hydrogen-bond acceptors (Lipinski definition) is 2. The molecule has 2 rings (SSSR count). The van der Waals surface area contributed by atoms with Crippen LogP contribution in [-0.4, -0.2) is 16.9 Å². The molecule has 0 N–H and O–H groups in total. The average molecular weight is 216 g/mol. The normalized spacial score (nSPS) is 12.7. The lowest BCUT2D eigenvalue weighted by atomic mass is 10.1. The Hall–Kier alpha value is -1.61. The Morgan fingerprint density at radius 3 is 2.75 bits per heavy atom. The van der Waals surface area contributed by atoms with Crippen LogP contribution in [0.3, 0.4) is 0 Å². The average Bonchev–Trinajstić information content (AvgIpc) is 2.75. The van der Waals surface area contributed by atoms with Crippen molar-refractivity contribution in [3.05, 3.63) is 42.1 Å². The molecule has 0 radical (unpaired) electrons. The minimum atomic E-state index is 0.115. The first kappa shape index (κ1) is 10.9. The number of hydrogen-bond donors (Lipinski definition) is 0. The summed E-state index contributed by atoms with van der Waals surface area (Å²) in [7, 11) is 3.64. The van der Waals surface area contributed by atoms with Crippen molar-refractivity contribution in [1.29, 1.82) is 0 Å². The van der Waals surface area contributed by atoms with Crippen molar-refractivity contribution in [3.8, 4) is 11.3 Å². The van der Waals surface area contributed by atoms with Crippen LogP contribution in [0.15, 0.2) is 36.5 Å². The Morgan fingerprint density at radius 1 is 1.31 bits per heavy atom. The van der Waals surface area contributed by atoms with Crippen LogP contribution in [0.2, 0.25) is 0 Å². The van der Waals surface area contributed by atoms with Gasteiger partial charge in [-0.3, -0.25) is 4.68 Å². The quantitative estimate of drug-likeness (QED) is 0.788. The lowest BCUT2D eigenvalue weighted by Crippen LogP contribution is -1.96. The van der Waals surface area contributed by atoms with E-state index in [0.717, 1.165) is 11.3 Å². The fourth-order valence-electron chi connectivity index (χ4n) is 1.66. The maximum atomic E-state index is 5.31. The standard InChI is InChI=1S/C13H16N2O/c1-10(16-3)11-5-4-6-12(9-11)13-7-8-15(2)14-13/h4-10H,1-3H3. The molecule has 0 aliphatic heterocycles. The van der Waals surface area contributed by atoms with Crippen molar-refractivity contribution in [2.45, 2.75) is 13.0 Å². The number of nitrogens with zero attached hydrogens (tertiary/aromatic N) is 2. The van der Waals surface area contributed by atoms with Gasteiger partial charge in [0.05, 0.1) is 11.8 Å². The zero-order valence-corrected chi connectivity index (χ0v) is 9.84. The Morgan fingerprint density at radius 2 is 2.12 bits per heavy atom. The van der Waals surface area contributed by atoms with Crippen molar-refractivity contribution in [3.63, 3.8) is 0 Å². The van der Waals surface area contributed by atoms with Gasteiger partial charge in [0.15, 0.2) is 0 Å². The summed E-state index contributed by atoms with van der Waals surface area (Å²) in [4.78, 5) is 0. The molecule has 3 nitrogen and oxygen atoms in total. The molecule has 0 saturated heterocycles. The van der Waals surface area contributed by atoms with E-state index in [4.69, 9.17) is 4.74 Å². The van der Waals surface area contributed by atoms with Gasteiger partial charge in [-0.2, -0.15) is 5.10 Å². The molecule has 16 heavy (non-hydrogen) atoms. The first-order valence-electron chi connectivity index (χ1n) is 5.33. The summed E-state index contributed by atoms with van der Waals surface area (Å²) in [5.74, 6) is 0.